The van der Waals surface area contributed by atoms with E-state index in [-0.39, 0.29) is 25.6 Å². The fraction of sp³-hybridized carbons (Fsp3) is 0.394. The molecule has 1 unspecified atom stereocenters. The van der Waals surface area contributed by atoms with Crippen molar-refractivity contribution in [3.63, 3.8) is 0 Å². The standard InChI is InChI=1S/C33H40N4O6/c1-6-8-17-34-29(39)27-20-36(31(41)43-32(3,4)5)21-28(38)37(27)26-16-12-15-25(18-26)33(19-24(33)7-2)35-30(40)42-22-23-13-10-9-11-14-23/h6-7,9-16,18,24,27H,1-2,8,17,19-22H2,3-5H3,(H,34,39)(H,35,40)/t24-,27-,33?/m1/s1. The molecule has 2 aromatic carbocycles. The van der Waals surface area contributed by atoms with Crippen LogP contribution in [0.3, 0.4) is 0 Å². The van der Waals surface area contributed by atoms with Gasteiger partial charge in [-0.1, -0.05) is 54.6 Å². The van der Waals surface area contributed by atoms with Gasteiger partial charge in [-0.15, -0.1) is 13.2 Å². The number of hydrogen-bond donors (Lipinski definition) is 2. The Morgan fingerprint density at radius 2 is 1.84 bits per heavy atom. The largest absolute Gasteiger partial charge is 0.445 e. The zero-order chi connectivity index (χ0) is 31.2. The number of carbonyl (C=O) groups is 4. The lowest BCUT2D eigenvalue weighted by Crippen LogP contribution is -2.63. The van der Waals surface area contributed by atoms with Crippen molar-refractivity contribution in [2.75, 3.05) is 24.5 Å². The fourth-order valence-electron chi connectivity index (χ4n) is 5.17. The lowest BCUT2D eigenvalue weighted by atomic mass is 10.00. The number of alkyl carbamates (subject to hydrolysis) is 1. The summed E-state index contributed by atoms with van der Waals surface area (Å²) in [6, 6.07) is 15.6. The molecule has 4 rings (SSSR count). The number of carbonyl (C=O) groups excluding carboxylic acids is 4. The molecule has 4 amide bonds. The van der Waals surface area contributed by atoms with Gasteiger partial charge >= 0.3 is 12.2 Å². The molecule has 1 aliphatic carbocycles. The highest BCUT2D eigenvalue weighted by Crippen LogP contribution is 2.53. The summed E-state index contributed by atoms with van der Waals surface area (Å²) in [7, 11) is 0. The van der Waals surface area contributed by atoms with E-state index in [4.69, 9.17) is 9.47 Å². The zero-order valence-corrected chi connectivity index (χ0v) is 25.0. The summed E-state index contributed by atoms with van der Waals surface area (Å²) in [6.45, 7) is 13.0. The number of nitrogens with zero attached hydrogens (tertiary/aromatic N) is 2. The van der Waals surface area contributed by atoms with Crippen LogP contribution >= 0.6 is 0 Å². The number of rotatable bonds is 10. The molecule has 3 atom stereocenters. The number of nitrogens with one attached hydrogen (secondary N) is 2. The summed E-state index contributed by atoms with van der Waals surface area (Å²) in [4.78, 5) is 55.4. The van der Waals surface area contributed by atoms with Crippen molar-refractivity contribution < 1.29 is 28.7 Å². The second kappa shape index (κ2) is 13.1. The number of benzene rings is 2. The van der Waals surface area contributed by atoms with Crippen LogP contribution in [0.25, 0.3) is 0 Å². The Morgan fingerprint density at radius 3 is 2.49 bits per heavy atom. The second-order valence-electron chi connectivity index (χ2n) is 11.8. The molecule has 1 aliphatic heterocycles. The molecule has 1 saturated heterocycles. The Balaban J connectivity index is 1.58. The molecule has 228 valence electrons. The average Bonchev–Trinajstić information content (AvgIpc) is 3.69. The number of piperazine rings is 1. The summed E-state index contributed by atoms with van der Waals surface area (Å²) in [5, 5.41) is 5.85. The Morgan fingerprint density at radius 1 is 1.09 bits per heavy atom. The van der Waals surface area contributed by atoms with E-state index in [0.29, 0.717) is 25.1 Å². The summed E-state index contributed by atoms with van der Waals surface area (Å²) in [6.07, 6.45) is 3.39. The molecular weight excluding hydrogens is 548 g/mol. The van der Waals surface area contributed by atoms with Gasteiger partial charge in [0.2, 0.25) is 11.8 Å². The molecule has 2 fully saturated rings. The minimum absolute atomic E-state index is 0.0463. The first kappa shape index (κ1) is 31.3. The third-order valence-corrected chi connectivity index (χ3v) is 7.38. The van der Waals surface area contributed by atoms with Crippen LogP contribution in [0.1, 0.15) is 44.7 Å². The van der Waals surface area contributed by atoms with Gasteiger partial charge in [-0.25, -0.2) is 9.59 Å². The Labute approximate surface area is 252 Å². The summed E-state index contributed by atoms with van der Waals surface area (Å²) >= 11 is 0. The van der Waals surface area contributed by atoms with Crippen molar-refractivity contribution in [2.45, 2.75) is 57.4 Å². The van der Waals surface area contributed by atoms with Gasteiger partial charge in [-0.2, -0.15) is 0 Å². The molecule has 43 heavy (non-hydrogen) atoms. The molecule has 0 spiro atoms. The van der Waals surface area contributed by atoms with E-state index >= 15 is 0 Å². The molecule has 1 heterocycles. The van der Waals surface area contributed by atoms with Gasteiger partial charge in [0.25, 0.3) is 0 Å². The van der Waals surface area contributed by atoms with E-state index in [0.717, 1.165) is 11.1 Å². The summed E-state index contributed by atoms with van der Waals surface area (Å²) in [5.74, 6) is -0.884. The zero-order valence-electron chi connectivity index (χ0n) is 25.0. The predicted molar refractivity (Wildman–Crippen MR) is 163 cm³/mol. The molecule has 10 heteroatoms. The van der Waals surface area contributed by atoms with Crippen LogP contribution in [-0.4, -0.2) is 60.2 Å². The smallest absolute Gasteiger partial charge is 0.410 e. The minimum atomic E-state index is -0.997. The van der Waals surface area contributed by atoms with E-state index in [1.807, 2.05) is 36.4 Å². The molecule has 0 bridgehead atoms. The second-order valence-corrected chi connectivity index (χ2v) is 11.8. The van der Waals surface area contributed by atoms with Crippen LogP contribution in [0.5, 0.6) is 0 Å². The topological polar surface area (TPSA) is 117 Å². The maximum atomic E-state index is 13.6. The predicted octanol–water partition coefficient (Wildman–Crippen LogP) is 4.66. The minimum Gasteiger partial charge on any atom is -0.445 e. The molecule has 1 saturated carbocycles. The number of ether oxygens (including phenoxy) is 2. The third kappa shape index (κ3) is 7.63. The van der Waals surface area contributed by atoms with Gasteiger partial charge in [0.05, 0.1) is 12.1 Å². The Kier molecular flexibility index (Phi) is 9.58. The highest BCUT2D eigenvalue weighted by molar-refractivity contribution is 6.04. The van der Waals surface area contributed by atoms with Gasteiger partial charge in [0.15, 0.2) is 0 Å². The molecule has 0 aromatic heterocycles. The van der Waals surface area contributed by atoms with Gasteiger partial charge in [0.1, 0.15) is 24.8 Å². The van der Waals surface area contributed by atoms with Crippen molar-refractivity contribution >= 4 is 29.7 Å². The van der Waals surface area contributed by atoms with Crippen molar-refractivity contribution in [1.82, 2.24) is 15.5 Å². The fourth-order valence-corrected chi connectivity index (χ4v) is 5.17. The van der Waals surface area contributed by atoms with E-state index in [2.05, 4.69) is 23.8 Å². The average molecular weight is 589 g/mol. The van der Waals surface area contributed by atoms with E-state index in [1.54, 1.807) is 51.1 Å². The van der Waals surface area contributed by atoms with Crippen LogP contribution in [0.2, 0.25) is 0 Å². The molecule has 2 aliphatic rings. The van der Waals surface area contributed by atoms with Gasteiger partial charge in [-0.05, 0) is 56.9 Å². The number of anilines is 1. The molecule has 2 aromatic rings. The molecule has 2 N–H and O–H groups in total. The maximum absolute atomic E-state index is 13.6. The van der Waals surface area contributed by atoms with E-state index in [1.165, 1.54) is 9.80 Å². The Hall–Kier alpha value is -4.60. The van der Waals surface area contributed by atoms with Crippen molar-refractivity contribution in [1.29, 1.82) is 0 Å². The summed E-state index contributed by atoms with van der Waals surface area (Å²) in [5.41, 5.74) is 0.562. The quantitative estimate of drug-likeness (QED) is 0.308. The van der Waals surface area contributed by atoms with E-state index in [9.17, 15) is 19.2 Å². The van der Waals surface area contributed by atoms with E-state index < -0.39 is 41.2 Å². The first-order valence-electron chi connectivity index (χ1n) is 14.4. The monoisotopic (exact) mass is 588 g/mol. The highest BCUT2D eigenvalue weighted by Gasteiger charge is 2.55. The highest BCUT2D eigenvalue weighted by atomic mass is 16.6. The van der Waals surface area contributed by atoms with Crippen LogP contribution < -0.4 is 15.5 Å². The lowest BCUT2D eigenvalue weighted by molar-refractivity contribution is -0.129. The van der Waals surface area contributed by atoms with Gasteiger partial charge in [-0.3, -0.25) is 19.4 Å². The molecule has 0 radical (unpaired) electrons. The number of hydrogen-bond acceptors (Lipinski definition) is 6. The first-order chi connectivity index (χ1) is 20.5. The van der Waals surface area contributed by atoms with Crippen molar-refractivity contribution in [2.24, 2.45) is 5.92 Å². The molecular formula is C33H40N4O6. The van der Waals surface area contributed by atoms with Crippen molar-refractivity contribution in [3.8, 4) is 0 Å². The molecule has 10 nitrogen and oxygen atoms in total. The first-order valence-corrected chi connectivity index (χ1v) is 14.4. The van der Waals surface area contributed by atoms with Crippen LogP contribution in [-0.2, 0) is 31.2 Å². The van der Waals surface area contributed by atoms with Crippen LogP contribution in [0.4, 0.5) is 15.3 Å². The normalized spacial score (nSPS) is 21.4. The maximum Gasteiger partial charge on any atom is 0.410 e. The van der Waals surface area contributed by atoms with Gasteiger partial charge < -0.3 is 20.1 Å². The Bertz CT molecular complexity index is 1370. The van der Waals surface area contributed by atoms with Crippen molar-refractivity contribution in [3.05, 3.63) is 91.0 Å². The lowest BCUT2D eigenvalue weighted by Gasteiger charge is -2.40. The van der Waals surface area contributed by atoms with Crippen LogP contribution in [0, 0.1) is 5.92 Å². The third-order valence-electron chi connectivity index (χ3n) is 7.38. The summed E-state index contributed by atoms with van der Waals surface area (Å²) < 4.78 is 11.0. The van der Waals surface area contributed by atoms with Gasteiger partial charge in [0, 0.05) is 18.2 Å². The van der Waals surface area contributed by atoms with Crippen LogP contribution in [0.15, 0.2) is 79.9 Å². The SMILES string of the molecule is C=CCCNC(=O)[C@H]1CN(C(=O)OC(C)(C)C)CC(=O)N1c1cccc(C2(NC(=O)OCc3ccccc3)C[C@H]2C=C)c1. The number of amides is 4.